The van der Waals surface area contributed by atoms with Gasteiger partial charge in [-0.25, -0.2) is 4.79 Å². The number of Topliss-reactive ketones (excluding diaryl/α,β-unsaturated/α-hetero) is 1. The monoisotopic (exact) mass is 549 g/mol. The number of carbonyl (C=O) groups excluding carboxylic acids is 3. The highest BCUT2D eigenvalue weighted by Crippen LogP contribution is 2.51. The summed E-state index contributed by atoms with van der Waals surface area (Å²) in [5, 5.41) is 3.31. The van der Waals surface area contributed by atoms with Gasteiger partial charge in [0.05, 0.1) is 46.0 Å². The molecule has 9 heteroatoms. The van der Waals surface area contributed by atoms with Gasteiger partial charge in [0.25, 0.3) is 0 Å². The van der Waals surface area contributed by atoms with Gasteiger partial charge in [-0.2, -0.15) is 0 Å². The minimum Gasteiger partial charge on any atom is -0.496 e. The number of ether oxygens (including phenoxy) is 5. The lowest BCUT2D eigenvalue weighted by Gasteiger charge is -2.40. The third-order valence-electron chi connectivity index (χ3n) is 7.34. The van der Waals surface area contributed by atoms with Crippen LogP contribution in [0.5, 0.6) is 17.2 Å². The second-order valence-electron chi connectivity index (χ2n) is 9.44. The highest BCUT2D eigenvalue weighted by molar-refractivity contribution is 6.13. The van der Waals surface area contributed by atoms with E-state index in [2.05, 4.69) is 5.32 Å². The number of rotatable bonds is 9. The molecule has 1 aliphatic heterocycles. The number of benzene rings is 2. The summed E-state index contributed by atoms with van der Waals surface area (Å²) >= 11 is 0. The van der Waals surface area contributed by atoms with E-state index in [-0.39, 0.29) is 18.8 Å². The van der Waals surface area contributed by atoms with Gasteiger partial charge < -0.3 is 29.0 Å². The number of para-hydroxylation sites is 2. The van der Waals surface area contributed by atoms with Crippen LogP contribution in [0.3, 0.4) is 0 Å². The molecule has 2 aromatic carbocycles. The molecule has 2 aromatic rings. The number of hydrogen-bond donors (Lipinski definition) is 1. The lowest BCUT2D eigenvalue weighted by molar-refractivity contribution is -0.152. The maximum atomic E-state index is 14.5. The molecule has 9 nitrogen and oxygen atoms in total. The fourth-order valence-corrected chi connectivity index (χ4v) is 5.73. The van der Waals surface area contributed by atoms with Gasteiger partial charge in [0.1, 0.15) is 11.7 Å². The molecule has 0 unspecified atom stereocenters. The van der Waals surface area contributed by atoms with Crippen molar-refractivity contribution in [3.8, 4) is 17.2 Å². The molecule has 1 aliphatic carbocycles. The molecule has 4 rings (SSSR count). The van der Waals surface area contributed by atoms with E-state index >= 15 is 0 Å². The summed E-state index contributed by atoms with van der Waals surface area (Å²) in [5.74, 6) is -2.83. The zero-order chi connectivity index (χ0) is 29.0. The Morgan fingerprint density at radius 2 is 1.52 bits per heavy atom. The largest absolute Gasteiger partial charge is 0.496 e. The van der Waals surface area contributed by atoms with Crippen molar-refractivity contribution >= 4 is 17.7 Å². The van der Waals surface area contributed by atoms with Crippen molar-refractivity contribution in [1.29, 1.82) is 0 Å². The normalized spacial score (nSPS) is 20.4. The fourth-order valence-electron chi connectivity index (χ4n) is 5.73. The average Bonchev–Trinajstić information content (AvgIpc) is 2.95. The van der Waals surface area contributed by atoms with Crippen molar-refractivity contribution in [2.75, 3.05) is 34.5 Å². The predicted octanol–water partition coefficient (Wildman–Crippen LogP) is 4.43. The molecule has 0 spiro atoms. The van der Waals surface area contributed by atoms with Crippen LogP contribution in [0.1, 0.15) is 50.2 Å². The first-order chi connectivity index (χ1) is 19.3. The van der Waals surface area contributed by atoms with Gasteiger partial charge in [-0.15, -0.1) is 0 Å². The molecule has 0 saturated carbocycles. The van der Waals surface area contributed by atoms with Crippen molar-refractivity contribution in [3.05, 3.63) is 76.1 Å². The van der Waals surface area contributed by atoms with Crippen LogP contribution >= 0.6 is 0 Å². The smallest absolute Gasteiger partial charge is 0.336 e. The first-order valence-corrected chi connectivity index (χ1v) is 13.2. The van der Waals surface area contributed by atoms with Gasteiger partial charge in [-0.3, -0.25) is 9.59 Å². The third-order valence-corrected chi connectivity index (χ3v) is 7.34. The number of allylic oxidation sites excluding steroid dienone is 3. The zero-order valence-corrected chi connectivity index (χ0v) is 23.7. The molecule has 0 radical (unpaired) electrons. The van der Waals surface area contributed by atoms with E-state index in [1.807, 2.05) is 18.2 Å². The molecule has 0 amide bonds. The van der Waals surface area contributed by atoms with Crippen LogP contribution < -0.4 is 19.5 Å². The van der Waals surface area contributed by atoms with E-state index in [4.69, 9.17) is 23.7 Å². The zero-order valence-electron chi connectivity index (χ0n) is 23.7. The average molecular weight is 550 g/mol. The molecule has 212 valence electrons. The van der Waals surface area contributed by atoms with Crippen LogP contribution in [0.15, 0.2) is 65.0 Å². The van der Waals surface area contributed by atoms with E-state index in [1.54, 1.807) is 52.1 Å². The minimum absolute atomic E-state index is 0.117. The quantitative estimate of drug-likeness (QED) is 0.359. The Hall–Kier alpha value is -4.27. The van der Waals surface area contributed by atoms with Crippen molar-refractivity contribution < 1.29 is 38.1 Å². The standard InChI is InChI=1S/C31H35NO8/c1-7-39-30(34)24-17(3)32-21-16-20(18-12-9-10-14-22(18)36-4)26(31(35)40-8-2)28(33)27(21)25(24)19-13-11-15-23(37-5)29(19)38-6/h9-15,20,25-26,32H,7-8,16H2,1-6H3/t20-,25-,26+/m1/s1. The molecular weight excluding hydrogens is 514 g/mol. The highest BCUT2D eigenvalue weighted by Gasteiger charge is 2.50. The Kier molecular flexibility index (Phi) is 8.82. The first kappa shape index (κ1) is 28.7. The van der Waals surface area contributed by atoms with Gasteiger partial charge in [0.2, 0.25) is 0 Å². The maximum absolute atomic E-state index is 14.5. The topological polar surface area (TPSA) is 109 Å². The van der Waals surface area contributed by atoms with Gasteiger partial charge >= 0.3 is 11.9 Å². The van der Waals surface area contributed by atoms with E-state index in [0.29, 0.717) is 46.2 Å². The Balaban J connectivity index is 1.98. The number of carbonyl (C=O) groups is 3. The minimum atomic E-state index is -1.15. The van der Waals surface area contributed by atoms with Crippen molar-refractivity contribution in [3.63, 3.8) is 0 Å². The lowest BCUT2D eigenvalue weighted by Crippen LogP contribution is -2.43. The summed E-state index contributed by atoms with van der Waals surface area (Å²) in [6.45, 7) is 5.46. The van der Waals surface area contributed by atoms with Gasteiger partial charge in [-0.1, -0.05) is 30.3 Å². The van der Waals surface area contributed by atoms with Crippen LogP contribution in [0.2, 0.25) is 0 Å². The number of dihydropyridines is 1. The SMILES string of the molecule is CCOC(=O)C1=C(C)NC2=C(C(=O)[C@@H](C(=O)OCC)[C@@H](c3ccccc3OC)C2)[C@@H]1c1cccc(OC)c1OC. The molecule has 0 fully saturated rings. The number of methoxy groups -OCH3 is 3. The molecule has 0 saturated heterocycles. The molecule has 1 N–H and O–H groups in total. The summed E-state index contributed by atoms with van der Waals surface area (Å²) in [6.07, 6.45) is 0.307. The third kappa shape index (κ3) is 5.03. The summed E-state index contributed by atoms with van der Waals surface area (Å²) in [7, 11) is 4.57. The maximum Gasteiger partial charge on any atom is 0.336 e. The van der Waals surface area contributed by atoms with Crippen molar-refractivity contribution in [1.82, 2.24) is 5.32 Å². The Morgan fingerprint density at radius 1 is 0.875 bits per heavy atom. The molecule has 0 aromatic heterocycles. The van der Waals surface area contributed by atoms with Crippen LogP contribution in [0, 0.1) is 5.92 Å². The van der Waals surface area contributed by atoms with Crippen molar-refractivity contribution in [2.24, 2.45) is 5.92 Å². The van der Waals surface area contributed by atoms with Gasteiger partial charge in [-0.05, 0) is 44.9 Å². The number of hydrogen-bond acceptors (Lipinski definition) is 9. The summed E-state index contributed by atoms with van der Waals surface area (Å²) in [4.78, 5) is 41.4. The highest BCUT2D eigenvalue weighted by atomic mass is 16.5. The second kappa shape index (κ2) is 12.3. The van der Waals surface area contributed by atoms with Crippen molar-refractivity contribution in [2.45, 2.75) is 39.0 Å². The van der Waals surface area contributed by atoms with E-state index < -0.39 is 35.5 Å². The summed E-state index contributed by atoms with van der Waals surface area (Å²) < 4.78 is 27.7. The summed E-state index contributed by atoms with van der Waals surface area (Å²) in [6, 6.07) is 12.6. The van der Waals surface area contributed by atoms with Gasteiger partial charge in [0.15, 0.2) is 17.3 Å². The Bertz CT molecular complexity index is 1380. The second-order valence-corrected chi connectivity index (χ2v) is 9.44. The van der Waals surface area contributed by atoms with E-state index in [1.165, 1.54) is 14.2 Å². The van der Waals surface area contributed by atoms with E-state index in [9.17, 15) is 14.4 Å². The number of esters is 2. The predicted molar refractivity (Wildman–Crippen MR) is 147 cm³/mol. The van der Waals surface area contributed by atoms with Crippen LogP contribution in [-0.4, -0.2) is 52.3 Å². The summed E-state index contributed by atoms with van der Waals surface area (Å²) in [5.41, 5.74) is 2.99. The van der Waals surface area contributed by atoms with Crippen LogP contribution in [0.25, 0.3) is 0 Å². The molecule has 1 heterocycles. The number of nitrogens with one attached hydrogen (secondary N) is 1. The number of ketones is 1. The molecular formula is C31H35NO8. The molecule has 0 bridgehead atoms. The van der Waals surface area contributed by atoms with Gasteiger partial charge in [0, 0.05) is 28.4 Å². The van der Waals surface area contributed by atoms with Crippen LogP contribution in [-0.2, 0) is 23.9 Å². The lowest BCUT2D eigenvalue weighted by atomic mass is 9.67. The van der Waals surface area contributed by atoms with Crippen LogP contribution in [0.4, 0.5) is 0 Å². The van der Waals surface area contributed by atoms with E-state index in [0.717, 1.165) is 5.56 Å². The molecule has 40 heavy (non-hydrogen) atoms. The Labute approximate surface area is 234 Å². The fraction of sp³-hybridized carbons (Fsp3) is 0.387. The molecule has 3 atom stereocenters. The first-order valence-electron chi connectivity index (χ1n) is 13.2. The Morgan fingerprint density at radius 3 is 2.17 bits per heavy atom. The molecule has 2 aliphatic rings.